The Bertz CT molecular complexity index is 1480. The number of nitrogens with one attached hydrogen (secondary N) is 7. The van der Waals surface area contributed by atoms with Crippen molar-refractivity contribution in [1.29, 1.82) is 0 Å². The Morgan fingerprint density at radius 2 is 0.738 bits per heavy atom. The molecule has 12 heteroatoms. The molecule has 12 nitrogen and oxygen atoms in total. The Balaban J connectivity index is 1.65. The molecule has 0 spiro atoms. The monoisotopic (exact) mass is 853 g/mol. The Morgan fingerprint density at radius 3 is 1.02 bits per heavy atom. The van der Waals surface area contributed by atoms with Gasteiger partial charge in [-0.3, -0.25) is 10.6 Å². The van der Waals surface area contributed by atoms with Gasteiger partial charge in [-0.2, -0.15) is 15.0 Å². The van der Waals surface area contributed by atoms with Crippen LogP contribution in [0.3, 0.4) is 0 Å². The molecular formula is C49H96N12. The average molecular weight is 853 g/mol. The van der Waals surface area contributed by atoms with Gasteiger partial charge < -0.3 is 36.4 Å². The van der Waals surface area contributed by atoms with E-state index in [4.69, 9.17) is 15.0 Å². The van der Waals surface area contributed by atoms with Crippen LogP contribution in [0.2, 0.25) is 0 Å². The quantitative estimate of drug-likeness (QED) is 0.0963. The highest BCUT2D eigenvalue weighted by Crippen LogP contribution is 2.38. The van der Waals surface area contributed by atoms with Crippen LogP contribution in [0.15, 0.2) is 0 Å². The normalized spacial score (nSPS) is 26.4. The summed E-state index contributed by atoms with van der Waals surface area (Å²) in [5.74, 6) is 2.15. The third kappa shape index (κ3) is 14.9. The van der Waals surface area contributed by atoms with Crippen molar-refractivity contribution in [2.24, 2.45) is 5.41 Å². The SMILES string of the molecule is CC(C)(C)CC(C)(C)Nc1nc(N(CNC2CC(C)(C)NC(C)(C)C2)C2CC(C)(C)NC(C)(C)C2)nc(N(CNC2CC(C)(C)NC(C)(C)C2)C2CC(C)(C)NC(C)(C)C2)n1. The number of hydrogen-bond donors (Lipinski definition) is 7. The molecule has 0 saturated carbocycles. The molecule has 1 aromatic heterocycles. The van der Waals surface area contributed by atoms with Gasteiger partial charge in [0.05, 0.1) is 13.3 Å². The van der Waals surface area contributed by atoms with Gasteiger partial charge in [0, 0.05) is 74.0 Å². The molecule has 0 atom stereocenters. The summed E-state index contributed by atoms with van der Waals surface area (Å²) in [7, 11) is 0. The number of rotatable bonds is 13. The summed E-state index contributed by atoms with van der Waals surface area (Å²) >= 11 is 0. The topological polar surface area (TPSA) is 129 Å². The van der Waals surface area contributed by atoms with E-state index in [1.54, 1.807) is 0 Å². The van der Waals surface area contributed by atoms with Crippen molar-refractivity contribution in [3.8, 4) is 0 Å². The van der Waals surface area contributed by atoms with Crippen molar-refractivity contribution in [3.05, 3.63) is 0 Å². The molecule has 5 rings (SSSR count). The lowest BCUT2D eigenvalue weighted by Gasteiger charge is -2.51. The fourth-order valence-electron chi connectivity index (χ4n) is 13.4. The van der Waals surface area contributed by atoms with E-state index in [0.717, 1.165) is 69.7 Å². The van der Waals surface area contributed by atoms with Crippen molar-refractivity contribution < 1.29 is 0 Å². The van der Waals surface area contributed by atoms with Gasteiger partial charge in [0.25, 0.3) is 0 Å². The molecule has 1 aromatic rings. The van der Waals surface area contributed by atoms with E-state index >= 15 is 0 Å². The second kappa shape index (κ2) is 16.9. The van der Waals surface area contributed by atoms with Gasteiger partial charge in [0.15, 0.2) is 0 Å². The number of piperidine rings is 4. The van der Waals surface area contributed by atoms with Crippen LogP contribution >= 0.6 is 0 Å². The predicted octanol–water partition coefficient (Wildman–Crippen LogP) is 8.44. The van der Waals surface area contributed by atoms with Crippen molar-refractivity contribution in [2.75, 3.05) is 28.5 Å². The van der Waals surface area contributed by atoms with Crippen molar-refractivity contribution in [2.45, 2.75) is 277 Å². The summed E-state index contributed by atoms with van der Waals surface area (Å²) in [5, 5.41) is 27.8. The zero-order valence-electron chi connectivity index (χ0n) is 43.3. The van der Waals surface area contributed by atoms with E-state index in [9.17, 15) is 0 Å². The van der Waals surface area contributed by atoms with Crippen LogP contribution in [-0.2, 0) is 0 Å². The lowest BCUT2D eigenvalue weighted by atomic mass is 9.79. The molecule has 4 fully saturated rings. The summed E-state index contributed by atoms with van der Waals surface area (Å²) in [5.41, 5.74) is -0.265. The maximum Gasteiger partial charge on any atom is 0.233 e. The highest BCUT2D eigenvalue weighted by molar-refractivity contribution is 5.48. The van der Waals surface area contributed by atoms with Crippen LogP contribution < -0.4 is 47.0 Å². The second-order valence-electron chi connectivity index (χ2n) is 27.6. The summed E-state index contributed by atoms with van der Waals surface area (Å²) in [6, 6.07) is 1.10. The first-order valence-corrected chi connectivity index (χ1v) is 24.0. The molecule has 7 N–H and O–H groups in total. The molecule has 0 unspecified atom stereocenters. The van der Waals surface area contributed by atoms with E-state index in [2.05, 4.69) is 192 Å². The first-order chi connectivity index (χ1) is 27.3. The van der Waals surface area contributed by atoms with Crippen molar-refractivity contribution >= 4 is 17.8 Å². The summed E-state index contributed by atoms with van der Waals surface area (Å²) in [6.45, 7) is 50.3. The van der Waals surface area contributed by atoms with E-state index in [0.29, 0.717) is 31.4 Å². The van der Waals surface area contributed by atoms with Crippen LogP contribution in [0, 0.1) is 5.41 Å². The Labute approximate surface area is 374 Å². The Hall–Kier alpha value is -1.83. The largest absolute Gasteiger partial charge is 0.349 e. The molecule has 0 radical (unpaired) electrons. The summed E-state index contributed by atoms with van der Waals surface area (Å²) in [6.07, 6.45) is 9.07. The Kier molecular flexibility index (Phi) is 13.9. The molecule has 4 saturated heterocycles. The fourth-order valence-corrected chi connectivity index (χ4v) is 13.4. The standard InChI is InChI=1S/C49H96N12/c1-40(2,3)30-49(20,21)55-37-52-38(60(35-26-45(12,13)58-46(14,15)27-35)31-50-33-22-41(4,5)56-42(6,7)23-33)54-39(53-37)61(36-28-47(16,17)59-48(18,19)29-36)32-51-34-24-43(8,9)57-44(10,11)25-34/h33-36,50-51,56-59H,22-32H2,1-21H3,(H,52,53,54,55). The van der Waals surface area contributed by atoms with Gasteiger partial charge >= 0.3 is 0 Å². The molecule has 4 aliphatic heterocycles. The predicted molar refractivity (Wildman–Crippen MR) is 260 cm³/mol. The van der Waals surface area contributed by atoms with E-state index in [-0.39, 0.29) is 67.3 Å². The van der Waals surface area contributed by atoms with Crippen LogP contribution in [0.5, 0.6) is 0 Å². The molecule has 61 heavy (non-hydrogen) atoms. The maximum absolute atomic E-state index is 5.67. The smallest absolute Gasteiger partial charge is 0.233 e. The van der Waals surface area contributed by atoms with Gasteiger partial charge in [-0.15, -0.1) is 0 Å². The first kappa shape index (κ1) is 50.2. The van der Waals surface area contributed by atoms with Crippen LogP contribution in [0.4, 0.5) is 17.8 Å². The molecule has 352 valence electrons. The van der Waals surface area contributed by atoms with Gasteiger partial charge in [0.2, 0.25) is 17.8 Å². The maximum atomic E-state index is 5.67. The zero-order chi connectivity index (χ0) is 46.0. The minimum Gasteiger partial charge on any atom is -0.349 e. The fraction of sp³-hybridized carbons (Fsp3) is 0.939. The van der Waals surface area contributed by atoms with E-state index < -0.39 is 0 Å². The highest BCUT2D eigenvalue weighted by Gasteiger charge is 2.45. The molecule has 5 heterocycles. The third-order valence-electron chi connectivity index (χ3n) is 13.2. The number of nitrogens with zero attached hydrogens (tertiary/aromatic N) is 5. The van der Waals surface area contributed by atoms with Gasteiger partial charge in [-0.05, 0) is 188 Å². The molecule has 0 bridgehead atoms. The minimum absolute atomic E-state index is 0.0295. The van der Waals surface area contributed by atoms with E-state index in [1.165, 1.54) is 0 Å². The lowest BCUT2D eigenvalue weighted by molar-refractivity contribution is 0.139. The van der Waals surface area contributed by atoms with Gasteiger partial charge in [-0.25, -0.2) is 0 Å². The number of aromatic nitrogens is 3. The molecule has 0 aromatic carbocycles. The Morgan fingerprint density at radius 1 is 0.459 bits per heavy atom. The van der Waals surface area contributed by atoms with Crippen molar-refractivity contribution in [3.63, 3.8) is 0 Å². The molecule has 0 aliphatic carbocycles. The summed E-state index contributed by atoms with van der Waals surface area (Å²) < 4.78 is 0. The summed E-state index contributed by atoms with van der Waals surface area (Å²) in [4.78, 5) is 21.6. The molecule has 0 amide bonds. The second-order valence-corrected chi connectivity index (χ2v) is 27.6. The zero-order valence-corrected chi connectivity index (χ0v) is 43.3. The molecule has 4 aliphatic rings. The number of anilines is 3. The lowest BCUT2D eigenvalue weighted by Crippen LogP contribution is -2.65. The van der Waals surface area contributed by atoms with E-state index in [1.807, 2.05) is 0 Å². The average Bonchev–Trinajstić information content (AvgIpc) is 2.93. The highest BCUT2D eigenvalue weighted by atomic mass is 15.4. The molecular weight excluding hydrogens is 757 g/mol. The third-order valence-corrected chi connectivity index (χ3v) is 13.2. The van der Waals surface area contributed by atoms with Crippen LogP contribution in [0.25, 0.3) is 0 Å². The van der Waals surface area contributed by atoms with Crippen LogP contribution in [0.1, 0.15) is 203 Å². The van der Waals surface area contributed by atoms with Crippen LogP contribution in [-0.4, -0.2) is 102 Å². The van der Waals surface area contributed by atoms with Gasteiger partial charge in [0.1, 0.15) is 0 Å². The van der Waals surface area contributed by atoms with Gasteiger partial charge in [-0.1, -0.05) is 20.8 Å². The van der Waals surface area contributed by atoms with Crippen molar-refractivity contribution in [1.82, 2.24) is 46.9 Å². The number of hydrogen-bond acceptors (Lipinski definition) is 12. The first-order valence-electron chi connectivity index (χ1n) is 24.0. The minimum atomic E-state index is -0.254.